The molecule has 0 atom stereocenters. The minimum Gasteiger partial charge on any atom is -0.497 e. The van der Waals surface area contributed by atoms with Gasteiger partial charge in [0.1, 0.15) is 17.8 Å². The van der Waals surface area contributed by atoms with Crippen molar-refractivity contribution in [2.24, 2.45) is 0 Å². The van der Waals surface area contributed by atoms with Crippen LogP contribution in [0.1, 0.15) is 51.2 Å². The van der Waals surface area contributed by atoms with Gasteiger partial charge >= 0.3 is 0 Å². The van der Waals surface area contributed by atoms with E-state index in [0.29, 0.717) is 34.7 Å². The summed E-state index contributed by atoms with van der Waals surface area (Å²) in [4.78, 5) is 17.3. The number of hydrogen-bond donors (Lipinski definition) is 1. The summed E-state index contributed by atoms with van der Waals surface area (Å²) in [5.41, 5.74) is 3.77. The maximum Gasteiger partial charge on any atom is 0.257 e. The lowest BCUT2D eigenvalue weighted by molar-refractivity contribution is 0.0781. The van der Waals surface area contributed by atoms with Crippen LogP contribution in [-0.2, 0) is 29.7 Å². The number of carbonyl (C=O) groups excluding carboxylic acids is 1. The second kappa shape index (κ2) is 12.6. The largest absolute Gasteiger partial charge is 0.497 e. The van der Waals surface area contributed by atoms with Crippen molar-refractivity contribution in [1.82, 2.24) is 14.1 Å². The Hall–Kier alpha value is -3.18. The Bertz CT molecular complexity index is 1400. The number of aliphatic hydroxyl groups excluding tert-OH is 1. The smallest absolute Gasteiger partial charge is 0.257 e. The molecule has 0 radical (unpaired) electrons. The number of aryl methyl sites for hydroxylation is 2. The number of carbonyl (C=O) groups is 1. The number of benzene rings is 2. The van der Waals surface area contributed by atoms with E-state index in [9.17, 15) is 18.3 Å². The fraction of sp³-hybridized carbons (Fsp3) is 0.433. The van der Waals surface area contributed by atoms with Gasteiger partial charge < -0.3 is 19.2 Å². The van der Waals surface area contributed by atoms with E-state index in [1.165, 1.54) is 23.2 Å². The Labute approximate surface area is 237 Å². The van der Waals surface area contributed by atoms with Crippen LogP contribution in [0.5, 0.6) is 5.75 Å². The van der Waals surface area contributed by atoms with Gasteiger partial charge in [0.2, 0.25) is 10.0 Å². The second-order valence-corrected chi connectivity index (χ2v) is 12.6. The van der Waals surface area contributed by atoms with Crippen molar-refractivity contribution in [3.63, 3.8) is 0 Å². The van der Waals surface area contributed by atoms with Crippen LogP contribution in [0.2, 0.25) is 0 Å². The summed E-state index contributed by atoms with van der Waals surface area (Å²) in [6.45, 7) is 6.54. The number of piperidine rings is 1. The lowest BCUT2D eigenvalue weighted by Gasteiger charge is -2.29. The lowest BCUT2D eigenvalue weighted by atomic mass is 10.1. The van der Waals surface area contributed by atoms with Crippen LogP contribution >= 0.6 is 0 Å². The van der Waals surface area contributed by atoms with E-state index in [1.54, 1.807) is 51.1 Å². The molecule has 10 heteroatoms. The van der Waals surface area contributed by atoms with E-state index in [2.05, 4.69) is 17.0 Å². The van der Waals surface area contributed by atoms with Gasteiger partial charge in [-0.15, -0.1) is 0 Å². The molecule has 2 aromatic carbocycles. The first-order valence-corrected chi connectivity index (χ1v) is 14.8. The van der Waals surface area contributed by atoms with Gasteiger partial charge in [0.25, 0.3) is 5.91 Å². The van der Waals surface area contributed by atoms with Crippen LogP contribution in [0.3, 0.4) is 0 Å². The quantitative estimate of drug-likeness (QED) is 0.394. The number of hydrogen-bond acceptors (Lipinski definition) is 7. The zero-order valence-electron chi connectivity index (χ0n) is 23.9. The molecule has 0 aliphatic carbocycles. The number of ether oxygens (including phenoxy) is 1. The van der Waals surface area contributed by atoms with Crippen LogP contribution < -0.4 is 4.74 Å². The summed E-state index contributed by atoms with van der Waals surface area (Å²) < 4.78 is 38.7. The van der Waals surface area contributed by atoms with Crippen molar-refractivity contribution >= 4 is 15.9 Å². The first kappa shape index (κ1) is 29.8. The highest BCUT2D eigenvalue weighted by Crippen LogP contribution is 2.28. The molecule has 0 saturated carbocycles. The fourth-order valence-electron chi connectivity index (χ4n) is 5.12. The van der Waals surface area contributed by atoms with E-state index in [1.807, 2.05) is 12.1 Å². The van der Waals surface area contributed by atoms with Gasteiger partial charge in [-0.3, -0.25) is 9.69 Å². The van der Waals surface area contributed by atoms with Crippen molar-refractivity contribution < 1.29 is 27.5 Å². The third-order valence-corrected chi connectivity index (χ3v) is 9.48. The van der Waals surface area contributed by atoms with E-state index >= 15 is 0 Å². The minimum absolute atomic E-state index is 0.0122. The third kappa shape index (κ3) is 6.93. The highest BCUT2D eigenvalue weighted by Gasteiger charge is 2.27. The Morgan fingerprint density at radius 2 is 1.62 bits per heavy atom. The zero-order valence-corrected chi connectivity index (χ0v) is 24.7. The van der Waals surface area contributed by atoms with Crippen molar-refractivity contribution in [2.75, 3.05) is 34.3 Å². The Kier molecular flexibility index (Phi) is 9.35. The number of rotatable bonds is 10. The van der Waals surface area contributed by atoms with Crippen molar-refractivity contribution in [2.45, 2.75) is 57.3 Å². The molecular weight excluding hydrogens is 530 g/mol. The molecule has 40 heavy (non-hydrogen) atoms. The van der Waals surface area contributed by atoms with Gasteiger partial charge in [0.15, 0.2) is 0 Å². The van der Waals surface area contributed by atoms with E-state index in [0.717, 1.165) is 38.0 Å². The van der Waals surface area contributed by atoms with Gasteiger partial charge in [-0.2, -0.15) is 4.31 Å². The van der Waals surface area contributed by atoms with E-state index < -0.39 is 10.0 Å². The van der Waals surface area contributed by atoms with Gasteiger partial charge in [-0.25, -0.2) is 8.42 Å². The molecule has 1 aliphatic rings. The van der Waals surface area contributed by atoms with Crippen LogP contribution in [0.4, 0.5) is 0 Å². The Morgan fingerprint density at radius 1 is 1.02 bits per heavy atom. The maximum absolute atomic E-state index is 13.3. The molecule has 216 valence electrons. The molecule has 0 unspecified atom stereocenters. The summed E-state index contributed by atoms with van der Waals surface area (Å²) in [7, 11) is 0.968. The molecule has 4 rings (SSSR count). The van der Waals surface area contributed by atoms with Gasteiger partial charge in [0.05, 0.1) is 30.2 Å². The normalized spacial score (nSPS) is 15.0. The molecule has 2 heterocycles. The average Bonchev–Trinajstić information content (AvgIpc) is 3.38. The van der Waals surface area contributed by atoms with Crippen LogP contribution in [0, 0.1) is 13.8 Å². The van der Waals surface area contributed by atoms with Gasteiger partial charge in [-0.05, 0) is 67.1 Å². The van der Waals surface area contributed by atoms with E-state index in [4.69, 9.17) is 9.15 Å². The summed E-state index contributed by atoms with van der Waals surface area (Å²) >= 11 is 0. The Balaban J connectivity index is 1.35. The molecular formula is C30H39N3O6S. The number of amides is 1. The SMILES string of the molecule is COc1cc(C)c(S(=O)(=O)N(C)Cc2cc(C(=O)N(C)Cc3ccc(CN4CCC(O)CC4)cc3)co2)c(C)c1. The van der Waals surface area contributed by atoms with Crippen LogP contribution in [0.15, 0.2) is 58.0 Å². The molecule has 0 spiro atoms. The lowest BCUT2D eigenvalue weighted by Crippen LogP contribution is -2.35. The summed E-state index contributed by atoms with van der Waals surface area (Å²) in [6.07, 6.45) is 2.82. The molecule has 3 aromatic rings. The number of methoxy groups -OCH3 is 1. The number of likely N-dealkylation sites (tertiary alicyclic amines) is 1. The number of aliphatic hydroxyl groups is 1. The van der Waals surface area contributed by atoms with Gasteiger partial charge in [-0.1, -0.05) is 24.3 Å². The molecule has 1 fully saturated rings. The first-order chi connectivity index (χ1) is 19.0. The topological polar surface area (TPSA) is 104 Å². The predicted octanol–water partition coefficient (Wildman–Crippen LogP) is 3.95. The molecule has 9 nitrogen and oxygen atoms in total. The monoisotopic (exact) mass is 569 g/mol. The number of nitrogens with zero attached hydrogens (tertiary/aromatic N) is 3. The number of sulfonamides is 1. The fourth-order valence-corrected chi connectivity index (χ4v) is 6.66. The van der Waals surface area contributed by atoms with Crippen LogP contribution in [0.25, 0.3) is 0 Å². The maximum atomic E-state index is 13.3. The molecule has 1 N–H and O–H groups in total. The van der Waals surface area contributed by atoms with E-state index in [-0.39, 0.29) is 23.5 Å². The number of furan rings is 1. The minimum atomic E-state index is -3.80. The zero-order chi connectivity index (χ0) is 29.0. The second-order valence-electron chi connectivity index (χ2n) is 10.6. The average molecular weight is 570 g/mol. The van der Waals surface area contributed by atoms with Crippen LogP contribution in [-0.4, -0.2) is 73.9 Å². The highest BCUT2D eigenvalue weighted by atomic mass is 32.2. The van der Waals surface area contributed by atoms with Crippen molar-refractivity contribution in [3.8, 4) is 5.75 Å². The molecule has 1 aliphatic heterocycles. The summed E-state index contributed by atoms with van der Waals surface area (Å²) in [6, 6.07) is 13.2. The molecule has 0 bridgehead atoms. The van der Waals surface area contributed by atoms with Gasteiger partial charge in [0, 0.05) is 40.3 Å². The summed E-state index contributed by atoms with van der Waals surface area (Å²) in [5, 5.41) is 9.69. The summed E-state index contributed by atoms with van der Waals surface area (Å²) in [5.74, 6) is 0.768. The first-order valence-electron chi connectivity index (χ1n) is 13.4. The third-order valence-electron chi connectivity index (χ3n) is 7.37. The van der Waals surface area contributed by atoms with Crippen molar-refractivity contribution in [3.05, 3.63) is 82.3 Å². The molecule has 1 amide bonds. The Morgan fingerprint density at radius 3 is 2.23 bits per heavy atom. The standard InChI is InChI=1S/C30H39N3O6S/c1-21-14-27(38-5)15-22(2)29(21)40(36,37)32(4)19-28-16-25(20-39-28)30(35)31(3)17-23-6-8-24(9-7-23)18-33-12-10-26(34)11-13-33/h6-9,14-16,20,26,34H,10-13,17-19H2,1-5H3. The molecule has 1 saturated heterocycles. The highest BCUT2D eigenvalue weighted by molar-refractivity contribution is 7.89. The predicted molar refractivity (Wildman–Crippen MR) is 153 cm³/mol. The van der Waals surface area contributed by atoms with Crippen molar-refractivity contribution in [1.29, 1.82) is 0 Å². The molecule has 1 aromatic heterocycles.